The minimum Gasteiger partial charge on any atom is -0.398 e. The zero-order valence-electron chi connectivity index (χ0n) is 9.50. The van der Waals surface area contributed by atoms with Gasteiger partial charge < -0.3 is 10.2 Å². The topological polar surface area (TPSA) is 99.4 Å². The number of aldehydes is 1. The van der Waals surface area contributed by atoms with Crippen molar-refractivity contribution in [1.29, 1.82) is 0 Å². The Balaban J connectivity index is 0.000000181. The fraction of sp³-hybridized carbons (Fsp3) is 0.545. The van der Waals surface area contributed by atoms with Crippen molar-refractivity contribution in [3.63, 3.8) is 0 Å². The quantitative estimate of drug-likeness (QED) is 0.485. The van der Waals surface area contributed by atoms with Gasteiger partial charge in [-0.15, -0.1) is 0 Å². The Morgan fingerprint density at radius 2 is 2.00 bits per heavy atom. The number of carbonyl (C=O) groups excluding carboxylic acids is 1. The van der Waals surface area contributed by atoms with Gasteiger partial charge in [0.1, 0.15) is 4.92 Å². The van der Waals surface area contributed by atoms with Crippen molar-refractivity contribution in [3.05, 3.63) is 28.0 Å². The molecule has 6 nitrogen and oxygen atoms in total. The Labute approximate surface area is 98.9 Å². The molecule has 0 saturated heterocycles. The first-order chi connectivity index (χ1) is 8.13. The Morgan fingerprint density at radius 1 is 1.35 bits per heavy atom. The van der Waals surface area contributed by atoms with E-state index in [0.29, 0.717) is 12.3 Å². The van der Waals surface area contributed by atoms with Crippen LogP contribution in [-0.4, -0.2) is 17.3 Å². The fourth-order valence-electron chi connectivity index (χ4n) is 1.64. The molecule has 1 heterocycles. The van der Waals surface area contributed by atoms with Crippen LogP contribution in [0, 0.1) is 10.1 Å². The Morgan fingerprint density at radius 3 is 2.29 bits per heavy atom. The average molecular weight is 240 g/mol. The summed E-state index contributed by atoms with van der Waals surface area (Å²) in [5.41, 5.74) is 5.63. The number of nitrogens with zero attached hydrogens (tertiary/aromatic N) is 1. The second-order valence-corrected chi connectivity index (χ2v) is 3.95. The van der Waals surface area contributed by atoms with Crippen LogP contribution in [-0.2, 0) is 0 Å². The molecule has 0 bridgehead atoms. The van der Waals surface area contributed by atoms with Gasteiger partial charge in [-0.05, 0) is 18.9 Å². The summed E-state index contributed by atoms with van der Waals surface area (Å²) in [5.74, 6) is -0.450. The number of hydrogen-bond acceptors (Lipinski definition) is 5. The molecule has 0 aromatic carbocycles. The summed E-state index contributed by atoms with van der Waals surface area (Å²) in [6, 6.07) is 2.91. The summed E-state index contributed by atoms with van der Waals surface area (Å²) in [5, 5.41) is 9.93. The van der Waals surface area contributed by atoms with Gasteiger partial charge in [0.2, 0.25) is 0 Å². The van der Waals surface area contributed by atoms with Gasteiger partial charge in [-0.2, -0.15) is 0 Å². The molecule has 0 spiro atoms. The Hall–Kier alpha value is -1.69. The van der Waals surface area contributed by atoms with Crippen LogP contribution >= 0.6 is 0 Å². The molecule has 0 unspecified atom stereocenters. The summed E-state index contributed by atoms with van der Waals surface area (Å²) < 4.78 is 4.43. The van der Waals surface area contributed by atoms with E-state index in [9.17, 15) is 14.9 Å². The molecule has 0 amide bonds. The predicted molar refractivity (Wildman–Crippen MR) is 61.8 cm³/mol. The second-order valence-electron chi connectivity index (χ2n) is 3.95. The molecular formula is C11H16N2O4. The standard InChI is InChI=1S/C6H13N.C5H3NO4/c7-6-4-2-1-3-5-6;7-3-4-1-2-5(10-4)6(8)9/h6H,1-5,7H2;1-3H. The van der Waals surface area contributed by atoms with Crippen molar-refractivity contribution in [1.82, 2.24) is 0 Å². The number of rotatable bonds is 2. The molecule has 1 aromatic heterocycles. The third-order valence-electron chi connectivity index (χ3n) is 2.56. The van der Waals surface area contributed by atoms with Gasteiger partial charge >= 0.3 is 5.88 Å². The van der Waals surface area contributed by atoms with Crippen LogP contribution < -0.4 is 5.73 Å². The van der Waals surface area contributed by atoms with E-state index in [4.69, 9.17) is 5.73 Å². The molecule has 94 valence electrons. The van der Waals surface area contributed by atoms with Gasteiger partial charge in [0, 0.05) is 6.04 Å². The monoisotopic (exact) mass is 240 g/mol. The number of hydrogen-bond donors (Lipinski definition) is 1. The summed E-state index contributed by atoms with van der Waals surface area (Å²) in [6.45, 7) is 0. The lowest BCUT2D eigenvalue weighted by Gasteiger charge is -2.15. The van der Waals surface area contributed by atoms with Crippen molar-refractivity contribution in [2.24, 2.45) is 5.73 Å². The number of nitro groups is 1. The lowest BCUT2D eigenvalue weighted by atomic mass is 9.97. The summed E-state index contributed by atoms with van der Waals surface area (Å²) >= 11 is 0. The van der Waals surface area contributed by atoms with Gasteiger partial charge in [-0.1, -0.05) is 19.3 Å². The average Bonchev–Trinajstić information content (AvgIpc) is 2.79. The third kappa shape index (κ3) is 4.78. The molecule has 6 heteroatoms. The van der Waals surface area contributed by atoms with E-state index in [-0.39, 0.29) is 5.76 Å². The first-order valence-corrected chi connectivity index (χ1v) is 5.58. The van der Waals surface area contributed by atoms with E-state index in [2.05, 4.69) is 4.42 Å². The van der Waals surface area contributed by atoms with Crippen molar-refractivity contribution in [2.45, 2.75) is 38.1 Å². The molecule has 2 rings (SSSR count). The molecule has 1 aliphatic rings. The lowest BCUT2D eigenvalue weighted by Crippen LogP contribution is -2.22. The molecule has 0 aliphatic heterocycles. The highest BCUT2D eigenvalue weighted by molar-refractivity contribution is 5.70. The first-order valence-electron chi connectivity index (χ1n) is 5.58. The van der Waals surface area contributed by atoms with E-state index in [1.165, 1.54) is 38.2 Å². The van der Waals surface area contributed by atoms with Gasteiger partial charge in [-0.3, -0.25) is 14.9 Å². The van der Waals surface area contributed by atoms with E-state index >= 15 is 0 Å². The molecule has 1 saturated carbocycles. The highest BCUT2D eigenvalue weighted by Crippen LogP contribution is 2.15. The van der Waals surface area contributed by atoms with Crippen LogP contribution in [0.4, 0.5) is 5.88 Å². The largest absolute Gasteiger partial charge is 0.433 e. The van der Waals surface area contributed by atoms with Gasteiger partial charge in [-0.25, -0.2) is 0 Å². The maximum Gasteiger partial charge on any atom is 0.433 e. The van der Waals surface area contributed by atoms with Gasteiger partial charge in [0.15, 0.2) is 12.0 Å². The number of carbonyl (C=O) groups is 1. The molecule has 1 aromatic rings. The van der Waals surface area contributed by atoms with Crippen LogP contribution in [0.15, 0.2) is 16.5 Å². The normalized spacial score (nSPS) is 15.8. The zero-order valence-corrected chi connectivity index (χ0v) is 9.50. The van der Waals surface area contributed by atoms with Crippen LogP contribution in [0.5, 0.6) is 0 Å². The summed E-state index contributed by atoms with van der Waals surface area (Å²) in [7, 11) is 0. The van der Waals surface area contributed by atoms with Crippen LogP contribution in [0.2, 0.25) is 0 Å². The van der Waals surface area contributed by atoms with Gasteiger partial charge in [0.05, 0.1) is 6.07 Å². The van der Waals surface area contributed by atoms with Gasteiger partial charge in [0.25, 0.3) is 0 Å². The van der Waals surface area contributed by atoms with E-state index in [1.54, 1.807) is 0 Å². The summed E-state index contributed by atoms with van der Waals surface area (Å²) in [4.78, 5) is 19.2. The third-order valence-corrected chi connectivity index (χ3v) is 2.56. The fourth-order valence-corrected chi connectivity index (χ4v) is 1.64. The second kappa shape index (κ2) is 6.80. The van der Waals surface area contributed by atoms with E-state index in [0.717, 1.165) is 6.07 Å². The maximum atomic E-state index is 9.93. The van der Waals surface area contributed by atoms with Crippen molar-refractivity contribution >= 4 is 12.2 Å². The first kappa shape index (κ1) is 13.4. The molecule has 1 aliphatic carbocycles. The lowest BCUT2D eigenvalue weighted by molar-refractivity contribution is -0.402. The smallest absolute Gasteiger partial charge is 0.398 e. The molecule has 0 atom stereocenters. The minimum atomic E-state index is -0.701. The van der Waals surface area contributed by atoms with E-state index < -0.39 is 10.8 Å². The van der Waals surface area contributed by atoms with Crippen LogP contribution in [0.25, 0.3) is 0 Å². The molecule has 17 heavy (non-hydrogen) atoms. The molecule has 0 radical (unpaired) electrons. The highest BCUT2D eigenvalue weighted by atomic mass is 16.6. The SMILES string of the molecule is NC1CCCCC1.O=Cc1ccc([N+](=O)[O-])o1. The summed E-state index contributed by atoms with van der Waals surface area (Å²) in [6.07, 6.45) is 7.07. The van der Waals surface area contributed by atoms with Crippen molar-refractivity contribution in [3.8, 4) is 0 Å². The van der Waals surface area contributed by atoms with Crippen LogP contribution in [0.3, 0.4) is 0 Å². The van der Waals surface area contributed by atoms with Crippen molar-refractivity contribution in [2.75, 3.05) is 0 Å². The van der Waals surface area contributed by atoms with E-state index in [1.807, 2.05) is 0 Å². The molecular weight excluding hydrogens is 224 g/mol. The number of nitrogens with two attached hydrogens (primary N) is 1. The molecule has 2 N–H and O–H groups in total. The van der Waals surface area contributed by atoms with Crippen LogP contribution in [0.1, 0.15) is 42.7 Å². The Bertz CT molecular complexity index is 369. The Kier molecular flexibility index (Phi) is 5.35. The van der Waals surface area contributed by atoms with Crippen molar-refractivity contribution < 1.29 is 14.1 Å². The maximum absolute atomic E-state index is 9.93. The minimum absolute atomic E-state index is 0.0355. The zero-order chi connectivity index (χ0) is 12.7. The predicted octanol–water partition coefficient (Wildman–Crippen LogP) is 2.28. The number of furan rings is 1. The molecule has 1 fully saturated rings. The highest BCUT2D eigenvalue weighted by Gasteiger charge is 2.10.